The summed E-state index contributed by atoms with van der Waals surface area (Å²) < 4.78 is 12.0. The first kappa shape index (κ1) is 9.37. The van der Waals surface area contributed by atoms with Crippen molar-refractivity contribution >= 4 is 0 Å². The van der Waals surface area contributed by atoms with Crippen molar-refractivity contribution in [3.05, 3.63) is 0 Å². The minimum atomic E-state index is -0.811. The minimum absolute atomic E-state index is 0.360. The molecular weight excluding hydrogens is 171 g/mol. The molecule has 0 aromatic rings. The molecule has 2 aliphatic heterocycles. The number of halogens is 1. The van der Waals surface area contributed by atoms with Crippen molar-refractivity contribution in [2.45, 2.75) is 18.6 Å². The van der Waals surface area contributed by atoms with Gasteiger partial charge in [-0.05, 0) is 18.3 Å². The average molecular weight is 188 g/mol. The topological polar surface area (TPSA) is 49.5 Å². The van der Waals surface area contributed by atoms with E-state index < -0.39 is 12.8 Å². The van der Waals surface area contributed by atoms with Gasteiger partial charge in [-0.2, -0.15) is 0 Å². The lowest BCUT2D eigenvalue weighted by Gasteiger charge is -2.52. The number of aliphatic hydroxyl groups is 1. The van der Waals surface area contributed by atoms with Crippen LogP contribution in [0.25, 0.3) is 0 Å². The summed E-state index contributed by atoms with van der Waals surface area (Å²) in [5.74, 6) is 1.18. The van der Waals surface area contributed by atoms with Gasteiger partial charge in [0.2, 0.25) is 0 Å². The Morgan fingerprint density at radius 1 is 1.46 bits per heavy atom. The largest absolute Gasteiger partial charge is 0.389 e. The molecule has 4 heteroatoms. The molecule has 1 saturated carbocycles. The quantitative estimate of drug-likeness (QED) is 0.633. The molecule has 3 atom stereocenters. The van der Waals surface area contributed by atoms with Crippen LogP contribution in [-0.2, 0) is 0 Å². The third-order valence-electron chi connectivity index (χ3n) is 3.33. The van der Waals surface area contributed by atoms with Gasteiger partial charge < -0.3 is 10.8 Å². The Labute approximate surface area is 77.7 Å². The van der Waals surface area contributed by atoms with Crippen LogP contribution in [0.4, 0.5) is 4.39 Å². The van der Waals surface area contributed by atoms with Gasteiger partial charge in [0.1, 0.15) is 6.67 Å². The molecular formula is C9H17FN2O. The first-order valence-corrected chi connectivity index (χ1v) is 4.92. The fourth-order valence-corrected chi connectivity index (χ4v) is 2.52. The molecule has 3 fully saturated rings. The fourth-order valence-electron chi connectivity index (χ4n) is 2.52. The molecule has 0 aromatic carbocycles. The molecule has 3 unspecified atom stereocenters. The molecule has 0 spiro atoms. The summed E-state index contributed by atoms with van der Waals surface area (Å²) >= 11 is 0. The standard InChI is InChI=1S/C9H17FN2O/c10-2-8(13)5-12-3-6-1-7(4-12)9(6)11/h6-9,13H,1-5,11H2. The maximum atomic E-state index is 12.0. The summed E-state index contributed by atoms with van der Waals surface area (Å²) in [6, 6.07) is 0.360. The number of hydrogen-bond donors (Lipinski definition) is 2. The van der Waals surface area contributed by atoms with Gasteiger partial charge in [-0.25, -0.2) is 4.39 Å². The number of hydrogen-bond acceptors (Lipinski definition) is 3. The lowest BCUT2D eigenvalue weighted by Crippen LogP contribution is -2.62. The van der Waals surface area contributed by atoms with Crippen LogP contribution in [0.3, 0.4) is 0 Å². The number of aliphatic hydroxyl groups excluding tert-OH is 1. The lowest BCUT2D eigenvalue weighted by molar-refractivity contribution is -0.0212. The number of rotatable bonds is 3. The van der Waals surface area contributed by atoms with Gasteiger partial charge in [0, 0.05) is 25.7 Å². The average Bonchev–Trinajstić information content (AvgIpc) is 2.17. The summed E-state index contributed by atoms with van der Waals surface area (Å²) in [6.07, 6.45) is 0.414. The summed E-state index contributed by atoms with van der Waals surface area (Å²) in [6.45, 7) is 1.71. The van der Waals surface area contributed by atoms with E-state index in [1.54, 1.807) is 0 Å². The highest BCUT2D eigenvalue weighted by Crippen LogP contribution is 2.38. The van der Waals surface area contributed by atoms with Crippen molar-refractivity contribution in [3.8, 4) is 0 Å². The third kappa shape index (κ3) is 1.71. The van der Waals surface area contributed by atoms with E-state index in [9.17, 15) is 4.39 Å². The Balaban J connectivity index is 1.79. The zero-order valence-corrected chi connectivity index (χ0v) is 7.69. The summed E-state index contributed by atoms with van der Waals surface area (Å²) in [5, 5.41) is 9.13. The summed E-state index contributed by atoms with van der Waals surface area (Å²) in [5.41, 5.74) is 5.89. The highest BCUT2D eigenvalue weighted by Gasteiger charge is 2.44. The zero-order chi connectivity index (χ0) is 9.42. The fraction of sp³-hybridized carbons (Fsp3) is 1.00. The van der Waals surface area contributed by atoms with E-state index >= 15 is 0 Å². The van der Waals surface area contributed by atoms with Gasteiger partial charge >= 0.3 is 0 Å². The highest BCUT2D eigenvalue weighted by atomic mass is 19.1. The maximum absolute atomic E-state index is 12.0. The van der Waals surface area contributed by atoms with E-state index in [2.05, 4.69) is 4.90 Å². The second-order valence-corrected chi connectivity index (χ2v) is 4.36. The molecule has 2 heterocycles. The molecule has 1 aliphatic carbocycles. The van der Waals surface area contributed by atoms with Crippen LogP contribution < -0.4 is 5.73 Å². The predicted molar refractivity (Wildman–Crippen MR) is 48.0 cm³/mol. The molecule has 13 heavy (non-hydrogen) atoms. The molecule has 3 aliphatic rings. The Hall–Kier alpha value is -0.190. The summed E-state index contributed by atoms with van der Waals surface area (Å²) in [7, 11) is 0. The highest BCUT2D eigenvalue weighted by molar-refractivity contribution is 4.99. The van der Waals surface area contributed by atoms with Gasteiger partial charge in [0.15, 0.2) is 0 Å². The Morgan fingerprint density at radius 3 is 2.54 bits per heavy atom. The van der Waals surface area contributed by atoms with Gasteiger partial charge in [0.05, 0.1) is 6.10 Å². The number of nitrogens with two attached hydrogens (primary N) is 1. The maximum Gasteiger partial charge on any atom is 0.117 e. The molecule has 3 N–H and O–H groups in total. The normalized spacial score (nSPS) is 41.3. The molecule has 0 radical (unpaired) electrons. The van der Waals surface area contributed by atoms with Crippen molar-refractivity contribution in [2.75, 3.05) is 26.3 Å². The SMILES string of the molecule is NC1C2CC1CN(CC(O)CF)C2. The van der Waals surface area contributed by atoms with Gasteiger partial charge in [-0.1, -0.05) is 0 Å². The van der Waals surface area contributed by atoms with E-state index in [1.807, 2.05) is 0 Å². The second-order valence-electron chi connectivity index (χ2n) is 4.36. The van der Waals surface area contributed by atoms with Gasteiger partial charge in [-0.3, -0.25) is 4.90 Å². The van der Waals surface area contributed by atoms with Crippen LogP contribution in [0.2, 0.25) is 0 Å². The van der Waals surface area contributed by atoms with Crippen molar-refractivity contribution < 1.29 is 9.50 Å². The Bertz CT molecular complexity index is 176. The van der Waals surface area contributed by atoms with Crippen LogP contribution in [0.5, 0.6) is 0 Å². The first-order valence-electron chi connectivity index (χ1n) is 4.92. The molecule has 2 bridgehead atoms. The second kappa shape index (κ2) is 3.52. The number of fused-ring (bicyclic) bond motifs is 2. The zero-order valence-electron chi connectivity index (χ0n) is 7.69. The molecule has 76 valence electrons. The lowest BCUT2D eigenvalue weighted by atomic mass is 9.67. The minimum Gasteiger partial charge on any atom is -0.389 e. The monoisotopic (exact) mass is 188 g/mol. The van der Waals surface area contributed by atoms with Gasteiger partial charge in [0.25, 0.3) is 0 Å². The molecule has 0 amide bonds. The molecule has 0 aromatic heterocycles. The number of piperidine rings is 2. The Kier molecular flexibility index (Phi) is 2.53. The van der Waals surface area contributed by atoms with Crippen molar-refractivity contribution in [2.24, 2.45) is 17.6 Å². The number of nitrogens with zero attached hydrogens (tertiary/aromatic N) is 1. The van der Waals surface area contributed by atoms with Crippen LogP contribution in [0.15, 0.2) is 0 Å². The van der Waals surface area contributed by atoms with Gasteiger partial charge in [-0.15, -0.1) is 0 Å². The van der Waals surface area contributed by atoms with E-state index in [1.165, 1.54) is 6.42 Å². The predicted octanol–water partition coefficient (Wildman–Crippen LogP) is -0.404. The van der Waals surface area contributed by atoms with E-state index in [0.717, 1.165) is 13.1 Å². The van der Waals surface area contributed by atoms with Crippen LogP contribution in [-0.4, -0.2) is 48.5 Å². The number of alkyl halides is 1. The van der Waals surface area contributed by atoms with E-state index in [0.29, 0.717) is 24.4 Å². The molecule has 3 rings (SSSR count). The summed E-state index contributed by atoms with van der Waals surface area (Å²) in [4.78, 5) is 2.13. The first-order chi connectivity index (χ1) is 6.20. The smallest absolute Gasteiger partial charge is 0.117 e. The van der Waals surface area contributed by atoms with Crippen LogP contribution in [0, 0.1) is 11.8 Å². The Morgan fingerprint density at radius 2 is 2.08 bits per heavy atom. The molecule has 3 nitrogen and oxygen atoms in total. The van der Waals surface area contributed by atoms with E-state index in [-0.39, 0.29) is 0 Å². The van der Waals surface area contributed by atoms with Crippen molar-refractivity contribution in [1.29, 1.82) is 0 Å². The third-order valence-corrected chi connectivity index (χ3v) is 3.33. The van der Waals surface area contributed by atoms with Crippen LogP contribution >= 0.6 is 0 Å². The van der Waals surface area contributed by atoms with E-state index in [4.69, 9.17) is 10.8 Å². The van der Waals surface area contributed by atoms with Crippen LogP contribution in [0.1, 0.15) is 6.42 Å². The van der Waals surface area contributed by atoms with Crippen molar-refractivity contribution in [3.63, 3.8) is 0 Å². The van der Waals surface area contributed by atoms with Crippen molar-refractivity contribution in [1.82, 2.24) is 4.90 Å². The molecule has 2 saturated heterocycles.